The number of rotatable bonds is 3. The number of ether oxygens (including phenoxy) is 1. The number of hydrogen-bond acceptors (Lipinski definition) is 3. The first kappa shape index (κ1) is 11.2. The van der Waals surface area contributed by atoms with Gasteiger partial charge < -0.3 is 4.74 Å². The van der Waals surface area contributed by atoms with Crippen LogP contribution in [0.25, 0.3) is 0 Å². The van der Waals surface area contributed by atoms with Crippen molar-refractivity contribution in [3.63, 3.8) is 0 Å². The minimum Gasteiger partial charge on any atom is -0.439 e. The smallest absolute Gasteiger partial charge is 0.219 e. The summed E-state index contributed by atoms with van der Waals surface area (Å²) in [6.07, 6.45) is 1.97. The van der Waals surface area contributed by atoms with Gasteiger partial charge in [-0.05, 0) is 18.2 Å². The molecule has 2 aromatic rings. The van der Waals surface area contributed by atoms with Gasteiger partial charge in [0.2, 0.25) is 5.88 Å². The van der Waals surface area contributed by atoms with E-state index in [1.807, 2.05) is 0 Å². The van der Waals surface area contributed by atoms with Crippen LogP contribution in [0.1, 0.15) is 10.4 Å². The molecule has 0 aliphatic heterocycles. The van der Waals surface area contributed by atoms with E-state index in [1.54, 1.807) is 0 Å². The summed E-state index contributed by atoms with van der Waals surface area (Å²) >= 11 is 0. The van der Waals surface area contributed by atoms with Crippen molar-refractivity contribution in [1.29, 1.82) is 0 Å². The number of aldehydes is 1. The normalized spacial score (nSPS) is 10.0. The van der Waals surface area contributed by atoms with Crippen LogP contribution in [0.15, 0.2) is 36.5 Å². The molecule has 0 aliphatic carbocycles. The SMILES string of the molecule is O=Cc1ccc(Oc2ccc(F)c(F)c2)nc1. The Morgan fingerprint density at radius 1 is 1.12 bits per heavy atom. The molecule has 0 fully saturated rings. The molecule has 0 atom stereocenters. The van der Waals surface area contributed by atoms with Crippen molar-refractivity contribution in [2.24, 2.45) is 0 Å². The van der Waals surface area contributed by atoms with E-state index in [2.05, 4.69) is 4.98 Å². The highest BCUT2D eigenvalue weighted by molar-refractivity contribution is 5.74. The lowest BCUT2D eigenvalue weighted by molar-refractivity contribution is 0.112. The minimum atomic E-state index is -0.994. The van der Waals surface area contributed by atoms with Gasteiger partial charge in [0, 0.05) is 23.9 Å². The Balaban J connectivity index is 2.19. The predicted octanol–water partition coefficient (Wildman–Crippen LogP) is 2.96. The topological polar surface area (TPSA) is 39.2 Å². The third-order valence-corrected chi connectivity index (χ3v) is 2.01. The molecule has 0 aliphatic rings. The summed E-state index contributed by atoms with van der Waals surface area (Å²) in [7, 11) is 0. The van der Waals surface area contributed by atoms with Crippen molar-refractivity contribution >= 4 is 6.29 Å². The van der Waals surface area contributed by atoms with Crippen molar-refractivity contribution < 1.29 is 18.3 Å². The van der Waals surface area contributed by atoms with Crippen LogP contribution in [0.5, 0.6) is 11.6 Å². The largest absolute Gasteiger partial charge is 0.439 e. The lowest BCUT2D eigenvalue weighted by atomic mass is 10.3. The molecule has 0 bridgehead atoms. The van der Waals surface area contributed by atoms with Crippen LogP contribution in [0, 0.1) is 11.6 Å². The second-order valence-corrected chi connectivity index (χ2v) is 3.23. The highest BCUT2D eigenvalue weighted by Crippen LogP contribution is 2.21. The number of carbonyl (C=O) groups excluding carboxylic acids is 1. The molecule has 3 nitrogen and oxygen atoms in total. The fourth-order valence-electron chi connectivity index (χ4n) is 1.18. The summed E-state index contributed by atoms with van der Waals surface area (Å²) in [5, 5.41) is 0. The van der Waals surface area contributed by atoms with Gasteiger partial charge in [0.05, 0.1) is 0 Å². The number of benzene rings is 1. The number of hydrogen-bond donors (Lipinski definition) is 0. The molecule has 0 saturated carbocycles. The summed E-state index contributed by atoms with van der Waals surface area (Å²) in [5.41, 5.74) is 0.405. The van der Waals surface area contributed by atoms with Crippen LogP contribution in [0.2, 0.25) is 0 Å². The Morgan fingerprint density at radius 2 is 1.94 bits per heavy atom. The quantitative estimate of drug-likeness (QED) is 0.768. The lowest BCUT2D eigenvalue weighted by Gasteiger charge is -2.04. The van der Waals surface area contributed by atoms with Crippen molar-refractivity contribution in [2.75, 3.05) is 0 Å². The van der Waals surface area contributed by atoms with Crippen LogP contribution in [0.4, 0.5) is 8.78 Å². The molecule has 0 spiro atoms. The average Bonchev–Trinajstić information content (AvgIpc) is 2.35. The van der Waals surface area contributed by atoms with Crippen LogP contribution >= 0.6 is 0 Å². The molecular weight excluding hydrogens is 228 g/mol. The number of carbonyl (C=O) groups is 1. The Morgan fingerprint density at radius 3 is 2.53 bits per heavy atom. The van der Waals surface area contributed by atoms with Crippen molar-refractivity contribution in [3.8, 4) is 11.6 Å². The summed E-state index contributed by atoms with van der Waals surface area (Å²) in [5.74, 6) is -1.61. The Labute approximate surface area is 95.7 Å². The van der Waals surface area contributed by atoms with E-state index < -0.39 is 11.6 Å². The monoisotopic (exact) mass is 235 g/mol. The fraction of sp³-hybridized carbons (Fsp3) is 0. The number of nitrogens with zero attached hydrogens (tertiary/aromatic N) is 1. The van der Waals surface area contributed by atoms with E-state index in [9.17, 15) is 13.6 Å². The molecule has 1 aromatic heterocycles. The molecule has 0 amide bonds. The summed E-state index contributed by atoms with van der Waals surface area (Å²) in [4.78, 5) is 14.2. The van der Waals surface area contributed by atoms with Gasteiger partial charge in [0.1, 0.15) is 5.75 Å². The third kappa shape index (κ3) is 2.63. The zero-order valence-corrected chi connectivity index (χ0v) is 8.56. The Bertz CT molecular complexity index is 541. The van der Waals surface area contributed by atoms with Crippen LogP contribution in [0.3, 0.4) is 0 Å². The maximum Gasteiger partial charge on any atom is 0.219 e. The van der Waals surface area contributed by atoms with Crippen molar-refractivity contribution in [1.82, 2.24) is 4.98 Å². The van der Waals surface area contributed by atoms with Gasteiger partial charge in [0.15, 0.2) is 17.9 Å². The molecular formula is C12H7F2NO2. The second kappa shape index (κ2) is 4.69. The first-order valence-electron chi connectivity index (χ1n) is 4.73. The third-order valence-electron chi connectivity index (χ3n) is 2.01. The highest BCUT2D eigenvalue weighted by Gasteiger charge is 2.04. The van der Waals surface area contributed by atoms with Gasteiger partial charge in [-0.2, -0.15) is 0 Å². The van der Waals surface area contributed by atoms with E-state index in [1.165, 1.54) is 24.4 Å². The Hall–Kier alpha value is -2.30. The first-order chi connectivity index (χ1) is 8.19. The van der Waals surface area contributed by atoms with Crippen LogP contribution in [-0.4, -0.2) is 11.3 Å². The molecule has 0 N–H and O–H groups in total. The second-order valence-electron chi connectivity index (χ2n) is 3.23. The van der Waals surface area contributed by atoms with Gasteiger partial charge in [0.25, 0.3) is 0 Å². The standard InChI is InChI=1S/C12H7F2NO2/c13-10-3-2-9(5-11(10)14)17-12-4-1-8(7-16)6-15-12/h1-7H. The maximum atomic E-state index is 12.9. The number of halogens is 2. The summed E-state index contributed by atoms with van der Waals surface area (Å²) < 4.78 is 30.7. The Kier molecular flexibility index (Phi) is 3.09. The average molecular weight is 235 g/mol. The van der Waals surface area contributed by atoms with Gasteiger partial charge in [-0.3, -0.25) is 4.79 Å². The molecule has 17 heavy (non-hydrogen) atoms. The summed E-state index contributed by atoms with van der Waals surface area (Å²) in [6.45, 7) is 0. The highest BCUT2D eigenvalue weighted by atomic mass is 19.2. The minimum absolute atomic E-state index is 0.134. The fourth-order valence-corrected chi connectivity index (χ4v) is 1.18. The number of pyridine rings is 1. The van der Waals surface area contributed by atoms with Crippen molar-refractivity contribution in [2.45, 2.75) is 0 Å². The van der Waals surface area contributed by atoms with Gasteiger partial charge in [-0.25, -0.2) is 13.8 Å². The first-order valence-corrected chi connectivity index (χ1v) is 4.73. The predicted molar refractivity (Wildman–Crippen MR) is 56.1 cm³/mol. The summed E-state index contributed by atoms with van der Waals surface area (Å²) in [6, 6.07) is 6.14. The van der Waals surface area contributed by atoms with E-state index in [0.29, 0.717) is 11.8 Å². The molecule has 0 unspecified atom stereocenters. The number of aromatic nitrogens is 1. The van der Waals surface area contributed by atoms with Crippen molar-refractivity contribution in [3.05, 3.63) is 53.7 Å². The van der Waals surface area contributed by atoms with Crippen LogP contribution in [-0.2, 0) is 0 Å². The zero-order valence-electron chi connectivity index (χ0n) is 8.56. The van der Waals surface area contributed by atoms with Gasteiger partial charge in [-0.15, -0.1) is 0 Å². The van der Waals surface area contributed by atoms with Crippen LogP contribution < -0.4 is 4.74 Å². The molecule has 1 heterocycles. The lowest BCUT2D eigenvalue weighted by Crippen LogP contribution is -1.91. The molecule has 86 valence electrons. The van der Waals surface area contributed by atoms with Gasteiger partial charge >= 0.3 is 0 Å². The molecule has 1 aromatic carbocycles. The molecule has 0 radical (unpaired) electrons. The van der Waals surface area contributed by atoms with E-state index in [0.717, 1.165) is 12.1 Å². The van der Waals surface area contributed by atoms with Gasteiger partial charge in [-0.1, -0.05) is 0 Å². The zero-order chi connectivity index (χ0) is 12.3. The van der Waals surface area contributed by atoms with E-state index >= 15 is 0 Å². The molecule has 0 saturated heterocycles. The maximum absolute atomic E-state index is 12.9. The van der Waals surface area contributed by atoms with E-state index in [-0.39, 0.29) is 11.6 Å². The molecule has 5 heteroatoms. The molecule has 2 rings (SSSR count). The van der Waals surface area contributed by atoms with E-state index in [4.69, 9.17) is 4.74 Å².